The van der Waals surface area contributed by atoms with Crippen LogP contribution in [0.1, 0.15) is 22.0 Å². The number of carbonyl (C=O) groups is 1. The summed E-state index contributed by atoms with van der Waals surface area (Å²) in [6.07, 6.45) is 3.41. The van der Waals surface area contributed by atoms with Gasteiger partial charge in [-0.05, 0) is 36.9 Å². The van der Waals surface area contributed by atoms with Gasteiger partial charge in [-0.1, -0.05) is 0 Å². The molecule has 3 rings (SSSR count). The predicted octanol–water partition coefficient (Wildman–Crippen LogP) is 2.23. The average Bonchev–Trinajstić information content (AvgIpc) is 3.18. The Balaban J connectivity index is 1.79. The summed E-state index contributed by atoms with van der Waals surface area (Å²) in [5, 5.41) is 10.6. The van der Waals surface area contributed by atoms with E-state index in [-0.39, 0.29) is 23.6 Å². The maximum Gasteiger partial charge on any atom is 0.269 e. The number of nitro benzene ring substituents is 1. The number of rotatable bonds is 4. The van der Waals surface area contributed by atoms with Crippen molar-refractivity contribution in [3.8, 4) is 0 Å². The van der Waals surface area contributed by atoms with Gasteiger partial charge in [0, 0.05) is 30.1 Å². The Labute approximate surface area is 121 Å². The molecule has 1 aliphatic rings. The standard InChI is InChI=1S/C15H13N3O3/c1-17-13(10-6-8-16-9-7-10)14(17)15(19)11-2-4-12(5-3-11)18(20)21/h2-9,13-14H,1H3. The Bertz CT molecular complexity index is 685. The van der Waals surface area contributed by atoms with Crippen molar-refractivity contribution in [1.82, 2.24) is 9.88 Å². The molecular formula is C15H13N3O3. The summed E-state index contributed by atoms with van der Waals surface area (Å²) < 4.78 is 0. The van der Waals surface area contributed by atoms with Crippen molar-refractivity contribution < 1.29 is 9.72 Å². The number of ketones is 1. The topological polar surface area (TPSA) is 76.1 Å². The van der Waals surface area contributed by atoms with Crippen LogP contribution in [-0.2, 0) is 0 Å². The number of aromatic nitrogens is 1. The van der Waals surface area contributed by atoms with Gasteiger partial charge in [0.1, 0.15) is 0 Å². The number of non-ortho nitro benzene ring substituents is 1. The third-order valence-electron chi connectivity index (χ3n) is 3.77. The monoisotopic (exact) mass is 283 g/mol. The molecule has 0 spiro atoms. The maximum absolute atomic E-state index is 12.5. The van der Waals surface area contributed by atoms with Crippen molar-refractivity contribution in [2.45, 2.75) is 12.1 Å². The first-order chi connectivity index (χ1) is 10.1. The third kappa shape index (κ3) is 2.41. The molecule has 1 fully saturated rings. The van der Waals surface area contributed by atoms with E-state index in [0.29, 0.717) is 5.56 Å². The van der Waals surface area contributed by atoms with Gasteiger partial charge in [0.25, 0.3) is 5.69 Å². The van der Waals surface area contributed by atoms with Crippen molar-refractivity contribution in [2.24, 2.45) is 0 Å². The van der Waals surface area contributed by atoms with Crippen molar-refractivity contribution >= 4 is 11.5 Å². The van der Waals surface area contributed by atoms with Crippen LogP contribution in [0.15, 0.2) is 48.8 Å². The lowest BCUT2D eigenvalue weighted by molar-refractivity contribution is -0.384. The van der Waals surface area contributed by atoms with E-state index >= 15 is 0 Å². The molecule has 2 heterocycles. The van der Waals surface area contributed by atoms with Crippen LogP contribution in [0.2, 0.25) is 0 Å². The molecule has 0 aliphatic carbocycles. The number of Topliss-reactive ketones (excluding diaryl/α,β-unsaturated/α-hetero) is 1. The fraction of sp³-hybridized carbons (Fsp3) is 0.200. The largest absolute Gasteiger partial charge is 0.292 e. The molecule has 0 saturated carbocycles. The van der Waals surface area contributed by atoms with Crippen LogP contribution in [0.4, 0.5) is 5.69 Å². The average molecular weight is 283 g/mol. The summed E-state index contributed by atoms with van der Waals surface area (Å²) in [5.74, 6) is -0.0192. The molecule has 106 valence electrons. The zero-order valence-electron chi connectivity index (χ0n) is 11.3. The molecule has 1 saturated heterocycles. The van der Waals surface area contributed by atoms with Gasteiger partial charge in [0.05, 0.1) is 17.0 Å². The minimum atomic E-state index is -0.475. The second-order valence-electron chi connectivity index (χ2n) is 5.00. The second kappa shape index (κ2) is 5.06. The Kier molecular flexibility index (Phi) is 3.23. The number of hydrogen-bond acceptors (Lipinski definition) is 5. The SMILES string of the molecule is CN1C(C(=O)c2ccc([N+](=O)[O-])cc2)C1c1ccncc1. The molecule has 0 amide bonds. The highest BCUT2D eigenvalue weighted by Crippen LogP contribution is 2.42. The van der Waals surface area contributed by atoms with Crippen LogP contribution in [0.3, 0.4) is 0 Å². The minimum absolute atomic E-state index is 0.0126. The van der Waals surface area contributed by atoms with Crippen LogP contribution in [0, 0.1) is 10.1 Å². The summed E-state index contributed by atoms with van der Waals surface area (Å²) in [5.41, 5.74) is 1.53. The molecule has 6 nitrogen and oxygen atoms in total. The van der Waals surface area contributed by atoms with E-state index in [2.05, 4.69) is 4.98 Å². The van der Waals surface area contributed by atoms with Crippen LogP contribution in [0.5, 0.6) is 0 Å². The van der Waals surface area contributed by atoms with Crippen molar-refractivity contribution in [3.05, 3.63) is 70.0 Å². The highest BCUT2D eigenvalue weighted by Gasteiger charge is 2.50. The molecule has 2 aromatic rings. The molecule has 1 aromatic carbocycles. The van der Waals surface area contributed by atoms with E-state index in [1.807, 2.05) is 24.1 Å². The zero-order chi connectivity index (χ0) is 15.0. The first-order valence-corrected chi connectivity index (χ1v) is 6.50. The van der Waals surface area contributed by atoms with Gasteiger partial charge in [0.2, 0.25) is 0 Å². The Hall–Kier alpha value is -2.60. The summed E-state index contributed by atoms with van der Waals surface area (Å²) in [6.45, 7) is 0. The third-order valence-corrected chi connectivity index (χ3v) is 3.77. The quantitative estimate of drug-likeness (QED) is 0.372. The lowest BCUT2D eigenvalue weighted by Gasteiger charge is -1.99. The fourth-order valence-corrected chi connectivity index (χ4v) is 2.56. The number of carbonyl (C=O) groups excluding carboxylic acids is 1. The predicted molar refractivity (Wildman–Crippen MR) is 76.0 cm³/mol. The van der Waals surface area contributed by atoms with Crippen LogP contribution in [0.25, 0.3) is 0 Å². The fourth-order valence-electron chi connectivity index (χ4n) is 2.56. The first-order valence-electron chi connectivity index (χ1n) is 6.50. The number of benzene rings is 1. The van der Waals surface area contributed by atoms with E-state index in [9.17, 15) is 14.9 Å². The summed E-state index contributed by atoms with van der Waals surface area (Å²) >= 11 is 0. The molecular weight excluding hydrogens is 270 g/mol. The van der Waals surface area contributed by atoms with E-state index in [4.69, 9.17) is 0 Å². The number of hydrogen-bond donors (Lipinski definition) is 0. The summed E-state index contributed by atoms with van der Waals surface area (Å²) in [7, 11) is 1.89. The lowest BCUT2D eigenvalue weighted by atomic mass is 10.0. The van der Waals surface area contributed by atoms with Crippen LogP contribution < -0.4 is 0 Å². The van der Waals surface area contributed by atoms with Gasteiger partial charge in [-0.3, -0.25) is 24.8 Å². The minimum Gasteiger partial charge on any atom is -0.292 e. The normalized spacial score (nSPS) is 23.6. The number of nitro groups is 1. The smallest absolute Gasteiger partial charge is 0.269 e. The molecule has 0 bridgehead atoms. The van der Waals surface area contributed by atoms with Crippen LogP contribution >= 0.6 is 0 Å². The van der Waals surface area contributed by atoms with E-state index in [1.165, 1.54) is 24.3 Å². The molecule has 3 unspecified atom stereocenters. The van der Waals surface area contributed by atoms with E-state index < -0.39 is 4.92 Å². The lowest BCUT2D eigenvalue weighted by Crippen LogP contribution is -2.11. The maximum atomic E-state index is 12.5. The highest BCUT2D eigenvalue weighted by atomic mass is 16.6. The number of nitrogens with zero attached hydrogens (tertiary/aromatic N) is 3. The van der Waals surface area contributed by atoms with Gasteiger partial charge < -0.3 is 0 Å². The van der Waals surface area contributed by atoms with Crippen molar-refractivity contribution in [1.29, 1.82) is 0 Å². The van der Waals surface area contributed by atoms with E-state index in [0.717, 1.165) is 5.56 Å². The van der Waals surface area contributed by atoms with E-state index in [1.54, 1.807) is 12.4 Å². The molecule has 6 heteroatoms. The highest BCUT2D eigenvalue weighted by molar-refractivity contribution is 6.02. The zero-order valence-corrected chi connectivity index (χ0v) is 11.3. The molecule has 1 aromatic heterocycles. The van der Waals surface area contributed by atoms with Gasteiger partial charge >= 0.3 is 0 Å². The van der Waals surface area contributed by atoms with Gasteiger partial charge in [-0.2, -0.15) is 0 Å². The first kappa shape index (κ1) is 13.4. The molecule has 0 radical (unpaired) electrons. The Morgan fingerprint density at radius 1 is 1.19 bits per heavy atom. The second-order valence-corrected chi connectivity index (χ2v) is 5.00. The van der Waals surface area contributed by atoms with Crippen molar-refractivity contribution in [3.63, 3.8) is 0 Å². The Morgan fingerprint density at radius 2 is 1.81 bits per heavy atom. The van der Waals surface area contributed by atoms with Crippen LogP contribution in [-0.4, -0.2) is 33.7 Å². The molecule has 0 N–H and O–H groups in total. The van der Waals surface area contributed by atoms with Crippen molar-refractivity contribution in [2.75, 3.05) is 7.05 Å². The molecule has 3 atom stereocenters. The summed E-state index contributed by atoms with van der Waals surface area (Å²) in [4.78, 5) is 28.5. The summed E-state index contributed by atoms with van der Waals surface area (Å²) in [6, 6.07) is 9.36. The Morgan fingerprint density at radius 3 is 2.38 bits per heavy atom. The number of pyridine rings is 1. The molecule has 1 aliphatic heterocycles. The van der Waals surface area contributed by atoms with Gasteiger partial charge in [-0.15, -0.1) is 0 Å². The van der Waals surface area contributed by atoms with Gasteiger partial charge in [-0.25, -0.2) is 0 Å². The number of likely N-dealkylation sites (N-methyl/N-ethyl adjacent to an activating group) is 1. The van der Waals surface area contributed by atoms with Gasteiger partial charge in [0.15, 0.2) is 5.78 Å². The molecule has 21 heavy (non-hydrogen) atoms.